The fourth-order valence-electron chi connectivity index (χ4n) is 1.34. The highest BCUT2D eigenvalue weighted by Gasteiger charge is 2.12. The maximum absolute atomic E-state index is 11.5. The van der Waals surface area contributed by atoms with Crippen LogP contribution in [-0.4, -0.2) is 26.7 Å². The topological polar surface area (TPSA) is 72.5 Å². The lowest BCUT2D eigenvalue weighted by Gasteiger charge is -2.08. The van der Waals surface area contributed by atoms with E-state index in [4.69, 9.17) is 4.74 Å². The van der Waals surface area contributed by atoms with Gasteiger partial charge in [0.05, 0.1) is 5.75 Å². The molecule has 0 unspecified atom stereocenters. The molecule has 1 rings (SSSR count). The molecule has 1 N–H and O–H groups in total. The Morgan fingerprint density at radius 3 is 2.61 bits per heavy atom. The second-order valence-electron chi connectivity index (χ2n) is 3.88. The zero-order valence-corrected chi connectivity index (χ0v) is 11.3. The SMILES string of the molecule is CCCS(=O)(=O)NCC(=O)Oc1ccccc1C. The van der Waals surface area contributed by atoms with E-state index in [1.807, 2.05) is 19.1 Å². The first-order valence-electron chi connectivity index (χ1n) is 5.68. The molecule has 1 aromatic rings. The van der Waals surface area contributed by atoms with Crippen LogP contribution >= 0.6 is 0 Å². The predicted octanol–water partition coefficient (Wildman–Crippen LogP) is 1.23. The van der Waals surface area contributed by atoms with E-state index in [1.165, 1.54) is 0 Å². The van der Waals surface area contributed by atoms with E-state index in [2.05, 4.69) is 4.72 Å². The standard InChI is InChI=1S/C12H17NO4S/c1-3-8-18(15,16)13-9-12(14)17-11-7-5-4-6-10(11)2/h4-7,13H,3,8-9H2,1-2H3. The van der Waals surface area contributed by atoms with Gasteiger partial charge in [-0.15, -0.1) is 0 Å². The van der Waals surface area contributed by atoms with Crippen molar-refractivity contribution in [2.24, 2.45) is 0 Å². The average Bonchev–Trinajstić information content (AvgIpc) is 2.30. The maximum Gasteiger partial charge on any atom is 0.326 e. The molecule has 0 amide bonds. The zero-order valence-electron chi connectivity index (χ0n) is 10.5. The normalized spacial score (nSPS) is 11.2. The molecule has 0 aromatic heterocycles. The number of nitrogens with one attached hydrogen (secondary N) is 1. The van der Waals surface area contributed by atoms with Crippen LogP contribution in [0.2, 0.25) is 0 Å². The van der Waals surface area contributed by atoms with Gasteiger partial charge < -0.3 is 4.74 Å². The molecule has 5 nitrogen and oxygen atoms in total. The number of ether oxygens (including phenoxy) is 1. The van der Waals surface area contributed by atoms with Crippen molar-refractivity contribution in [2.45, 2.75) is 20.3 Å². The second kappa shape index (κ2) is 6.51. The number of carbonyl (C=O) groups is 1. The van der Waals surface area contributed by atoms with Gasteiger partial charge in [-0.1, -0.05) is 25.1 Å². The number of hydrogen-bond acceptors (Lipinski definition) is 4. The number of rotatable bonds is 6. The maximum atomic E-state index is 11.5. The molecule has 18 heavy (non-hydrogen) atoms. The molecule has 0 heterocycles. The van der Waals surface area contributed by atoms with Crippen LogP contribution in [0.15, 0.2) is 24.3 Å². The largest absolute Gasteiger partial charge is 0.425 e. The molecule has 6 heteroatoms. The van der Waals surface area contributed by atoms with Gasteiger partial charge in [0, 0.05) is 0 Å². The Bertz CT molecular complexity index is 511. The van der Waals surface area contributed by atoms with E-state index in [9.17, 15) is 13.2 Å². The summed E-state index contributed by atoms with van der Waals surface area (Å²) in [4.78, 5) is 11.5. The van der Waals surface area contributed by atoms with Crippen molar-refractivity contribution < 1.29 is 17.9 Å². The smallest absolute Gasteiger partial charge is 0.326 e. The van der Waals surface area contributed by atoms with Gasteiger partial charge in [0.25, 0.3) is 0 Å². The van der Waals surface area contributed by atoms with Crippen LogP contribution in [0.5, 0.6) is 5.75 Å². The van der Waals surface area contributed by atoms with E-state index >= 15 is 0 Å². The molecule has 0 bridgehead atoms. The summed E-state index contributed by atoms with van der Waals surface area (Å²) in [6, 6.07) is 7.05. The van der Waals surface area contributed by atoms with E-state index in [-0.39, 0.29) is 12.3 Å². The third-order valence-corrected chi connectivity index (χ3v) is 3.76. The highest BCUT2D eigenvalue weighted by atomic mass is 32.2. The van der Waals surface area contributed by atoms with Crippen LogP contribution in [0, 0.1) is 6.92 Å². The van der Waals surface area contributed by atoms with Gasteiger partial charge in [0.1, 0.15) is 12.3 Å². The highest BCUT2D eigenvalue weighted by molar-refractivity contribution is 7.89. The molecular weight excluding hydrogens is 254 g/mol. The van der Waals surface area contributed by atoms with Gasteiger partial charge in [-0.05, 0) is 25.0 Å². The van der Waals surface area contributed by atoms with Crippen molar-refractivity contribution in [2.75, 3.05) is 12.3 Å². The lowest BCUT2D eigenvalue weighted by Crippen LogP contribution is -2.33. The molecular formula is C12H17NO4S. The Kier molecular flexibility index (Phi) is 5.30. The molecule has 0 aliphatic heterocycles. The lowest BCUT2D eigenvalue weighted by atomic mass is 10.2. The van der Waals surface area contributed by atoms with E-state index in [0.29, 0.717) is 12.2 Å². The number of aryl methyl sites for hydroxylation is 1. The van der Waals surface area contributed by atoms with Gasteiger partial charge in [-0.2, -0.15) is 0 Å². The first-order chi connectivity index (χ1) is 8.44. The first-order valence-corrected chi connectivity index (χ1v) is 7.33. The molecule has 0 spiro atoms. The Morgan fingerprint density at radius 2 is 2.00 bits per heavy atom. The third-order valence-electron chi connectivity index (χ3n) is 2.23. The van der Waals surface area contributed by atoms with Crippen molar-refractivity contribution >= 4 is 16.0 Å². The number of esters is 1. The van der Waals surface area contributed by atoms with E-state index < -0.39 is 16.0 Å². The molecule has 100 valence electrons. The number of carbonyl (C=O) groups excluding carboxylic acids is 1. The minimum atomic E-state index is -3.38. The summed E-state index contributed by atoms with van der Waals surface area (Å²) in [6.45, 7) is 3.21. The summed E-state index contributed by atoms with van der Waals surface area (Å²) in [5, 5.41) is 0. The van der Waals surface area contributed by atoms with Crippen molar-refractivity contribution in [1.29, 1.82) is 0 Å². The van der Waals surface area contributed by atoms with E-state index in [1.54, 1.807) is 19.1 Å². The third kappa shape index (κ3) is 4.85. The van der Waals surface area contributed by atoms with Crippen molar-refractivity contribution in [3.8, 4) is 5.75 Å². The van der Waals surface area contributed by atoms with Gasteiger partial charge in [-0.25, -0.2) is 13.1 Å². The second-order valence-corrected chi connectivity index (χ2v) is 5.81. The Hall–Kier alpha value is -1.40. The highest BCUT2D eigenvalue weighted by Crippen LogP contribution is 2.15. The van der Waals surface area contributed by atoms with Crippen molar-refractivity contribution in [3.63, 3.8) is 0 Å². The number of para-hydroxylation sites is 1. The Morgan fingerprint density at radius 1 is 1.33 bits per heavy atom. The molecule has 0 fully saturated rings. The van der Waals surface area contributed by atoms with Gasteiger partial charge in [-0.3, -0.25) is 4.79 Å². The fourth-order valence-corrected chi connectivity index (χ4v) is 2.36. The van der Waals surface area contributed by atoms with Crippen molar-refractivity contribution in [1.82, 2.24) is 4.72 Å². The van der Waals surface area contributed by atoms with Crippen LogP contribution in [0.1, 0.15) is 18.9 Å². The summed E-state index contributed by atoms with van der Waals surface area (Å²) in [6.07, 6.45) is 0.502. The van der Waals surface area contributed by atoms with Crippen LogP contribution in [0.3, 0.4) is 0 Å². The first kappa shape index (κ1) is 14.7. The van der Waals surface area contributed by atoms with E-state index in [0.717, 1.165) is 5.56 Å². The zero-order chi connectivity index (χ0) is 13.6. The monoisotopic (exact) mass is 271 g/mol. The summed E-state index contributed by atoms with van der Waals surface area (Å²) >= 11 is 0. The molecule has 1 aromatic carbocycles. The molecule has 0 atom stereocenters. The predicted molar refractivity (Wildman–Crippen MR) is 68.9 cm³/mol. The molecule has 0 aliphatic carbocycles. The average molecular weight is 271 g/mol. The molecule has 0 aliphatic rings. The molecule has 0 saturated carbocycles. The minimum absolute atomic E-state index is 0.00461. The fraction of sp³-hybridized carbons (Fsp3) is 0.417. The Balaban J connectivity index is 2.51. The van der Waals surface area contributed by atoms with Gasteiger partial charge in [0.15, 0.2) is 0 Å². The van der Waals surface area contributed by atoms with Crippen LogP contribution in [-0.2, 0) is 14.8 Å². The minimum Gasteiger partial charge on any atom is -0.425 e. The number of hydrogen-bond donors (Lipinski definition) is 1. The van der Waals surface area contributed by atoms with Crippen LogP contribution < -0.4 is 9.46 Å². The number of benzene rings is 1. The lowest BCUT2D eigenvalue weighted by molar-refractivity contribution is -0.133. The number of sulfonamides is 1. The molecule has 0 saturated heterocycles. The summed E-state index contributed by atoms with van der Waals surface area (Å²) < 4.78 is 29.9. The summed E-state index contributed by atoms with van der Waals surface area (Å²) in [7, 11) is -3.38. The van der Waals surface area contributed by atoms with Gasteiger partial charge >= 0.3 is 5.97 Å². The van der Waals surface area contributed by atoms with Crippen LogP contribution in [0.25, 0.3) is 0 Å². The quantitative estimate of drug-likeness (QED) is 0.624. The molecule has 0 radical (unpaired) electrons. The summed E-state index contributed by atoms with van der Waals surface area (Å²) in [5.74, 6) is -0.175. The van der Waals surface area contributed by atoms with Crippen molar-refractivity contribution in [3.05, 3.63) is 29.8 Å². The summed E-state index contributed by atoms with van der Waals surface area (Å²) in [5.41, 5.74) is 0.822. The van der Waals surface area contributed by atoms with Crippen LogP contribution in [0.4, 0.5) is 0 Å². The Labute approximate surface area is 107 Å². The van der Waals surface area contributed by atoms with Gasteiger partial charge in [0.2, 0.25) is 10.0 Å².